The van der Waals surface area contributed by atoms with Crippen molar-refractivity contribution < 1.29 is 4.79 Å². The molecule has 0 spiro atoms. The van der Waals surface area contributed by atoms with E-state index in [9.17, 15) is 4.79 Å². The summed E-state index contributed by atoms with van der Waals surface area (Å²) in [5.41, 5.74) is 0.872. The molecule has 1 fully saturated rings. The molecule has 0 unspecified atom stereocenters. The predicted octanol–water partition coefficient (Wildman–Crippen LogP) is 3.03. The quantitative estimate of drug-likeness (QED) is 0.772. The fourth-order valence-electron chi connectivity index (χ4n) is 2.51. The van der Waals surface area contributed by atoms with E-state index >= 15 is 0 Å². The van der Waals surface area contributed by atoms with Gasteiger partial charge in [0.05, 0.1) is 17.1 Å². The van der Waals surface area contributed by atoms with Gasteiger partial charge in [-0.1, -0.05) is 19.3 Å². The zero-order chi connectivity index (χ0) is 12.3. The maximum Gasteiger partial charge on any atom is 0.161 e. The van der Waals surface area contributed by atoms with Gasteiger partial charge in [-0.15, -0.1) is 11.3 Å². The molecule has 0 aliphatic heterocycles. The molecule has 0 radical (unpaired) electrons. The maximum atomic E-state index is 10.8. The van der Waals surface area contributed by atoms with Gasteiger partial charge in [0, 0.05) is 6.04 Å². The van der Waals surface area contributed by atoms with E-state index in [1.165, 1.54) is 43.4 Å². The third-order valence-corrected chi connectivity index (χ3v) is 4.63. The highest BCUT2D eigenvalue weighted by atomic mass is 32.1. The summed E-state index contributed by atoms with van der Waals surface area (Å²) >= 11 is 1.53. The molecule has 1 saturated carbocycles. The number of rotatable bonds is 4. The number of carbonyl (C=O) groups excluding carboxylic acids is 1. The molecule has 94 valence electrons. The normalized spacial score (nSPS) is 17.6. The fourth-order valence-corrected chi connectivity index (χ4v) is 3.45. The first-order valence-corrected chi connectivity index (χ1v) is 7.14. The summed E-state index contributed by atoms with van der Waals surface area (Å²) in [4.78, 5) is 18.4. The number of carbonyl (C=O) groups is 1. The van der Waals surface area contributed by atoms with E-state index in [-0.39, 0.29) is 0 Å². The van der Waals surface area contributed by atoms with Gasteiger partial charge < -0.3 is 0 Å². The van der Waals surface area contributed by atoms with Crippen molar-refractivity contribution in [2.24, 2.45) is 0 Å². The lowest BCUT2D eigenvalue weighted by atomic mass is 9.94. The number of nitrogens with zero attached hydrogens (tertiary/aromatic N) is 2. The van der Waals surface area contributed by atoms with Crippen molar-refractivity contribution in [2.45, 2.75) is 51.6 Å². The van der Waals surface area contributed by atoms with Crippen LogP contribution in [0.15, 0.2) is 0 Å². The van der Waals surface area contributed by atoms with Gasteiger partial charge in [-0.25, -0.2) is 4.98 Å². The van der Waals surface area contributed by atoms with Crippen LogP contribution in [0.4, 0.5) is 0 Å². The summed E-state index contributed by atoms with van der Waals surface area (Å²) in [5, 5.41) is 1.07. The summed E-state index contributed by atoms with van der Waals surface area (Å²) in [6, 6.07) is 0.702. The molecule has 1 aromatic heterocycles. The second kappa shape index (κ2) is 5.74. The van der Waals surface area contributed by atoms with Crippen LogP contribution in [-0.2, 0) is 6.54 Å². The largest absolute Gasteiger partial charge is 0.297 e. The molecule has 1 aromatic rings. The minimum Gasteiger partial charge on any atom is -0.297 e. The molecule has 3 nitrogen and oxygen atoms in total. The van der Waals surface area contributed by atoms with Gasteiger partial charge in [-0.05, 0) is 26.8 Å². The first kappa shape index (κ1) is 12.7. The standard InChI is InChI=1S/C13H20N2OS/c1-10-12(9-16)17-13(14-10)8-15(2)11-6-4-3-5-7-11/h9,11H,3-8H2,1-2H3. The molecule has 2 rings (SSSR count). The first-order valence-electron chi connectivity index (χ1n) is 6.32. The van der Waals surface area contributed by atoms with E-state index in [0.717, 1.165) is 28.4 Å². The van der Waals surface area contributed by atoms with Crippen molar-refractivity contribution in [1.82, 2.24) is 9.88 Å². The SMILES string of the molecule is Cc1nc(CN(C)C2CCCCC2)sc1C=O. The summed E-state index contributed by atoms with van der Waals surface area (Å²) < 4.78 is 0. The van der Waals surface area contributed by atoms with Crippen LogP contribution in [-0.4, -0.2) is 29.3 Å². The number of aldehydes is 1. The summed E-state index contributed by atoms with van der Waals surface area (Å²) in [6.45, 7) is 2.79. The van der Waals surface area contributed by atoms with Crippen LogP contribution >= 0.6 is 11.3 Å². The highest BCUT2D eigenvalue weighted by Crippen LogP contribution is 2.24. The van der Waals surface area contributed by atoms with Crippen LogP contribution in [0.5, 0.6) is 0 Å². The van der Waals surface area contributed by atoms with Crippen molar-refractivity contribution in [1.29, 1.82) is 0 Å². The van der Waals surface area contributed by atoms with Crippen molar-refractivity contribution >= 4 is 17.6 Å². The lowest BCUT2D eigenvalue weighted by Crippen LogP contribution is -2.32. The van der Waals surface area contributed by atoms with Crippen LogP contribution in [0, 0.1) is 6.92 Å². The lowest BCUT2D eigenvalue weighted by molar-refractivity contribution is 0.112. The Morgan fingerprint density at radius 2 is 2.12 bits per heavy atom. The second-order valence-corrected chi connectivity index (χ2v) is 6.00. The molecule has 0 saturated heterocycles. The maximum absolute atomic E-state index is 10.8. The average molecular weight is 252 g/mol. The van der Waals surface area contributed by atoms with Crippen molar-refractivity contribution in [3.8, 4) is 0 Å². The van der Waals surface area contributed by atoms with E-state index < -0.39 is 0 Å². The third-order valence-electron chi connectivity index (χ3n) is 3.57. The minimum absolute atomic E-state index is 0.702. The number of aryl methyl sites for hydroxylation is 1. The Balaban J connectivity index is 1.96. The van der Waals surface area contributed by atoms with Crippen LogP contribution in [0.2, 0.25) is 0 Å². The van der Waals surface area contributed by atoms with Crippen molar-refractivity contribution in [2.75, 3.05) is 7.05 Å². The van der Waals surface area contributed by atoms with E-state index in [2.05, 4.69) is 16.9 Å². The molecule has 0 amide bonds. The van der Waals surface area contributed by atoms with Gasteiger partial charge in [0.2, 0.25) is 0 Å². The summed E-state index contributed by atoms with van der Waals surface area (Å²) in [7, 11) is 2.17. The van der Waals surface area contributed by atoms with Gasteiger partial charge in [0.1, 0.15) is 5.01 Å². The topological polar surface area (TPSA) is 33.2 Å². The predicted molar refractivity (Wildman–Crippen MR) is 70.6 cm³/mol. The molecule has 17 heavy (non-hydrogen) atoms. The molecule has 0 N–H and O–H groups in total. The number of aromatic nitrogens is 1. The fraction of sp³-hybridized carbons (Fsp3) is 0.692. The molecule has 4 heteroatoms. The Morgan fingerprint density at radius 1 is 1.41 bits per heavy atom. The smallest absolute Gasteiger partial charge is 0.161 e. The first-order chi connectivity index (χ1) is 8.20. The Hall–Kier alpha value is -0.740. The summed E-state index contributed by atoms with van der Waals surface area (Å²) in [6.07, 6.45) is 7.62. The van der Waals surface area contributed by atoms with Crippen LogP contribution in [0.1, 0.15) is 52.5 Å². The molecule has 1 heterocycles. The molecule has 0 bridgehead atoms. The van der Waals surface area contributed by atoms with Crippen LogP contribution in [0.3, 0.4) is 0 Å². The van der Waals surface area contributed by atoms with Gasteiger partial charge in [-0.3, -0.25) is 9.69 Å². The van der Waals surface area contributed by atoms with E-state index in [0.29, 0.717) is 6.04 Å². The van der Waals surface area contributed by atoms with Gasteiger partial charge >= 0.3 is 0 Å². The number of hydrogen-bond acceptors (Lipinski definition) is 4. The van der Waals surface area contributed by atoms with E-state index in [1.807, 2.05) is 6.92 Å². The Labute approximate surface area is 107 Å². The van der Waals surface area contributed by atoms with Crippen LogP contribution < -0.4 is 0 Å². The third kappa shape index (κ3) is 3.13. The van der Waals surface area contributed by atoms with Crippen molar-refractivity contribution in [3.05, 3.63) is 15.6 Å². The Bertz CT molecular complexity index is 383. The zero-order valence-electron chi connectivity index (χ0n) is 10.6. The van der Waals surface area contributed by atoms with Gasteiger partial charge in [0.25, 0.3) is 0 Å². The molecule has 1 aliphatic carbocycles. The number of thiazole rings is 1. The molecule has 0 aromatic carbocycles. The van der Waals surface area contributed by atoms with Gasteiger partial charge in [0.15, 0.2) is 6.29 Å². The Kier molecular flexibility index (Phi) is 4.29. The van der Waals surface area contributed by atoms with Gasteiger partial charge in [-0.2, -0.15) is 0 Å². The minimum atomic E-state index is 0.702. The Morgan fingerprint density at radius 3 is 2.71 bits per heavy atom. The summed E-state index contributed by atoms with van der Waals surface area (Å²) in [5.74, 6) is 0. The average Bonchev–Trinajstić information content (AvgIpc) is 2.70. The number of hydrogen-bond donors (Lipinski definition) is 0. The molecule has 0 atom stereocenters. The van der Waals surface area contributed by atoms with E-state index in [1.54, 1.807) is 0 Å². The highest BCUT2D eigenvalue weighted by Gasteiger charge is 2.19. The van der Waals surface area contributed by atoms with Crippen LogP contribution in [0.25, 0.3) is 0 Å². The molecular formula is C13H20N2OS. The zero-order valence-corrected chi connectivity index (χ0v) is 11.4. The lowest BCUT2D eigenvalue weighted by Gasteiger charge is -2.30. The monoisotopic (exact) mass is 252 g/mol. The molecule has 1 aliphatic rings. The second-order valence-electron chi connectivity index (χ2n) is 4.88. The molecular weight excluding hydrogens is 232 g/mol. The highest BCUT2D eigenvalue weighted by molar-refractivity contribution is 7.13. The van der Waals surface area contributed by atoms with Crippen molar-refractivity contribution in [3.63, 3.8) is 0 Å². The van der Waals surface area contributed by atoms with E-state index in [4.69, 9.17) is 0 Å².